The summed E-state index contributed by atoms with van der Waals surface area (Å²) in [6.07, 6.45) is 3.52. The first-order chi connectivity index (χ1) is 6.52. The fourth-order valence-electron chi connectivity index (χ4n) is 2.15. The molecule has 2 heteroatoms. The third kappa shape index (κ3) is 4.97. The van der Waals surface area contributed by atoms with Crippen molar-refractivity contribution in [3.63, 3.8) is 0 Å². The van der Waals surface area contributed by atoms with Crippen LogP contribution < -0.4 is 0 Å². The molecular formula is C12H26O2. The van der Waals surface area contributed by atoms with Gasteiger partial charge in [-0.15, -0.1) is 0 Å². The zero-order valence-electron chi connectivity index (χ0n) is 10.0. The summed E-state index contributed by atoms with van der Waals surface area (Å²) in [4.78, 5) is 0. The topological polar surface area (TPSA) is 40.5 Å². The largest absolute Gasteiger partial charge is 0.397 e. The van der Waals surface area contributed by atoms with Crippen LogP contribution in [0.2, 0.25) is 0 Å². The predicted molar refractivity (Wildman–Crippen MR) is 60.1 cm³/mol. The van der Waals surface area contributed by atoms with Gasteiger partial charge in [0.1, 0.15) is 0 Å². The predicted octanol–water partition coefficient (Wildman–Crippen LogP) is 2.44. The van der Waals surface area contributed by atoms with Crippen LogP contribution in [0.1, 0.15) is 47.0 Å². The Bertz CT molecular complexity index is 134. The van der Waals surface area contributed by atoms with Gasteiger partial charge in [-0.1, -0.05) is 27.2 Å². The van der Waals surface area contributed by atoms with Crippen molar-refractivity contribution < 1.29 is 10.2 Å². The molecule has 0 radical (unpaired) electrons. The van der Waals surface area contributed by atoms with Crippen molar-refractivity contribution in [2.75, 3.05) is 6.61 Å². The molecule has 1 aliphatic carbocycles. The van der Waals surface area contributed by atoms with Gasteiger partial charge in [0.2, 0.25) is 0 Å². The summed E-state index contributed by atoms with van der Waals surface area (Å²) in [7, 11) is 0. The molecule has 0 aliphatic heterocycles. The quantitative estimate of drug-likeness (QED) is 0.685. The van der Waals surface area contributed by atoms with Gasteiger partial charge in [-0.25, -0.2) is 0 Å². The molecule has 1 fully saturated rings. The van der Waals surface area contributed by atoms with Gasteiger partial charge >= 0.3 is 0 Å². The van der Waals surface area contributed by atoms with Gasteiger partial charge in [-0.05, 0) is 37.5 Å². The van der Waals surface area contributed by atoms with E-state index in [2.05, 4.69) is 20.8 Å². The van der Waals surface area contributed by atoms with Crippen molar-refractivity contribution in [1.29, 1.82) is 0 Å². The molecule has 1 rings (SSSR count). The molecule has 0 aromatic heterocycles. The van der Waals surface area contributed by atoms with E-state index in [1.165, 1.54) is 12.8 Å². The van der Waals surface area contributed by atoms with Crippen molar-refractivity contribution >= 4 is 0 Å². The molecule has 0 aromatic carbocycles. The standard InChI is InChI=1S/C10H20O.C2H6O/c1-7(2)9-5-4-8(3)6-10(9)11;1-2-3/h7-11H,4-6H2,1-3H3;3H,2H2,1H3/t8-,9+,10-;/m1./s1. The first kappa shape index (κ1) is 13.9. The smallest absolute Gasteiger partial charge is 0.0573 e. The van der Waals surface area contributed by atoms with Crippen molar-refractivity contribution in [2.24, 2.45) is 17.8 Å². The van der Waals surface area contributed by atoms with Gasteiger partial charge in [-0.3, -0.25) is 0 Å². The zero-order chi connectivity index (χ0) is 11.1. The fraction of sp³-hybridized carbons (Fsp3) is 1.00. The Morgan fingerprint density at radius 1 is 1.29 bits per heavy atom. The average Bonchev–Trinajstić information content (AvgIpc) is 2.04. The second-order valence-corrected chi connectivity index (χ2v) is 4.71. The molecule has 0 bridgehead atoms. The van der Waals surface area contributed by atoms with Crippen LogP contribution in [0.5, 0.6) is 0 Å². The summed E-state index contributed by atoms with van der Waals surface area (Å²) in [5.41, 5.74) is 0. The van der Waals surface area contributed by atoms with Gasteiger partial charge < -0.3 is 10.2 Å². The molecule has 2 N–H and O–H groups in total. The van der Waals surface area contributed by atoms with Crippen LogP contribution in [0.4, 0.5) is 0 Å². The molecule has 0 aromatic rings. The fourth-order valence-corrected chi connectivity index (χ4v) is 2.15. The minimum absolute atomic E-state index is 0.0289. The monoisotopic (exact) mass is 202 g/mol. The zero-order valence-corrected chi connectivity index (χ0v) is 10.0. The maximum Gasteiger partial charge on any atom is 0.0573 e. The number of rotatable bonds is 1. The Balaban J connectivity index is 0.000000500. The summed E-state index contributed by atoms with van der Waals surface area (Å²) in [6.45, 7) is 8.59. The minimum atomic E-state index is -0.0289. The highest BCUT2D eigenvalue weighted by molar-refractivity contribution is 4.79. The number of hydrogen-bond donors (Lipinski definition) is 2. The van der Waals surface area contributed by atoms with E-state index in [1.807, 2.05) is 0 Å². The first-order valence-electron chi connectivity index (χ1n) is 5.81. The lowest BCUT2D eigenvalue weighted by Gasteiger charge is -2.33. The van der Waals surface area contributed by atoms with Crippen LogP contribution in [0.3, 0.4) is 0 Å². The summed E-state index contributed by atoms with van der Waals surface area (Å²) < 4.78 is 0. The highest BCUT2D eigenvalue weighted by Crippen LogP contribution is 2.33. The highest BCUT2D eigenvalue weighted by atomic mass is 16.3. The van der Waals surface area contributed by atoms with Crippen LogP contribution in [-0.2, 0) is 0 Å². The lowest BCUT2D eigenvalue weighted by molar-refractivity contribution is 0.0266. The molecule has 0 saturated heterocycles. The second kappa shape index (κ2) is 7.24. The summed E-state index contributed by atoms with van der Waals surface area (Å²) >= 11 is 0. The normalized spacial score (nSPS) is 32.4. The Kier molecular flexibility index (Phi) is 7.20. The SMILES string of the molecule is CC(C)[C@@H]1CC[C@@H](C)C[C@H]1O.CCO. The third-order valence-corrected chi connectivity index (χ3v) is 2.99. The van der Waals surface area contributed by atoms with E-state index in [1.54, 1.807) is 6.92 Å². The van der Waals surface area contributed by atoms with Crippen molar-refractivity contribution in [3.05, 3.63) is 0 Å². The van der Waals surface area contributed by atoms with E-state index in [-0.39, 0.29) is 12.7 Å². The van der Waals surface area contributed by atoms with E-state index in [4.69, 9.17) is 5.11 Å². The summed E-state index contributed by atoms with van der Waals surface area (Å²) in [5.74, 6) is 1.95. The molecular weight excluding hydrogens is 176 g/mol. The van der Waals surface area contributed by atoms with Gasteiger partial charge in [0.15, 0.2) is 0 Å². The van der Waals surface area contributed by atoms with Crippen molar-refractivity contribution in [1.82, 2.24) is 0 Å². The van der Waals surface area contributed by atoms with Crippen LogP contribution in [0.25, 0.3) is 0 Å². The van der Waals surface area contributed by atoms with Crippen LogP contribution in [0.15, 0.2) is 0 Å². The first-order valence-corrected chi connectivity index (χ1v) is 5.81. The van der Waals surface area contributed by atoms with Crippen molar-refractivity contribution in [3.8, 4) is 0 Å². The van der Waals surface area contributed by atoms with E-state index in [0.717, 1.165) is 12.3 Å². The van der Waals surface area contributed by atoms with E-state index < -0.39 is 0 Å². The van der Waals surface area contributed by atoms with Gasteiger partial charge in [-0.2, -0.15) is 0 Å². The third-order valence-electron chi connectivity index (χ3n) is 2.99. The molecule has 1 saturated carbocycles. The Labute approximate surface area is 88.3 Å². The Morgan fingerprint density at radius 3 is 2.14 bits per heavy atom. The van der Waals surface area contributed by atoms with Gasteiger partial charge in [0.05, 0.1) is 6.10 Å². The molecule has 0 heterocycles. The van der Waals surface area contributed by atoms with Gasteiger partial charge in [0, 0.05) is 6.61 Å². The average molecular weight is 202 g/mol. The maximum atomic E-state index is 9.71. The second-order valence-electron chi connectivity index (χ2n) is 4.71. The lowest BCUT2D eigenvalue weighted by Crippen LogP contribution is -2.31. The van der Waals surface area contributed by atoms with E-state index >= 15 is 0 Å². The number of hydrogen-bond acceptors (Lipinski definition) is 2. The van der Waals surface area contributed by atoms with Crippen LogP contribution in [-0.4, -0.2) is 22.9 Å². The molecule has 14 heavy (non-hydrogen) atoms. The number of aliphatic hydroxyl groups is 2. The molecule has 0 amide bonds. The minimum Gasteiger partial charge on any atom is -0.397 e. The Morgan fingerprint density at radius 2 is 1.79 bits per heavy atom. The molecule has 1 aliphatic rings. The van der Waals surface area contributed by atoms with Gasteiger partial charge in [0.25, 0.3) is 0 Å². The maximum absolute atomic E-state index is 9.71. The highest BCUT2D eigenvalue weighted by Gasteiger charge is 2.28. The molecule has 0 unspecified atom stereocenters. The molecule has 3 atom stereocenters. The molecule has 2 nitrogen and oxygen atoms in total. The van der Waals surface area contributed by atoms with Crippen LogP contribution >= 0.6 is 0 Å². The van der Waals surface area contributed by atoms with E-state index in [9.17, 15) is 5.11 Å². The van der Waals surface area contributed by atoms with Crippen LogP contribution in [0, 0.1) is 17.8 Å². The van der Waals surface area contributed by atoms with E-state index in [0.29, 0.717) is 11.8 Å². The number of aliphatic hydroxyl groups excluding tert-OH is 2. The summed E-state index contributed by atoms with van der Waals surface area (Å²) in [5, 5.41) is 17.3. The molecule has 0 spiro atoms. The Hall–Kier alpha value is -0.0800. The van der Waals surface area contributed by atoms with Crippen molar-refractivity contribution in [2.45, 2.75) is 53.1 Å². The lowest BCUT2D eigenvalue weighted by atomic mass is 9.75. The summed E-state index contributed by atoms with van der Waals surface area (Å²) in [6, 6.07) is 0. The molecule has 86 valence electrons.